The average molecular weight is 307 g/mol. The van der Waals surface area contributed by atoms with E-state index in [0.717, 1.165) is 12.8 Å². The van der Waals surface area contributed by atoms with E-state index in [0.29, 0.717) is 12.1 Å². The molecule has 0 aromatic heterocycles. The van der Waals surface area contributed by atoms with Gasteiger partial charge in [-0.3, -0.25) is 4.79 Å². The number of halogens is 1. The number of ether oxygens (including phenoxy) is 1. The van der Waals surface area contributed by atoms with Crippen LogP contribution in [-0.4, -0.2) is 35.0 Å². The van der Waals surface area contributed by atoms with Crippen molar-refractivity contribution < 1.29 is 18.7 Å². The van der Waals surface area contributed by atoms with Gasteiger partial charge in [-0.1, -0.05) is 12.1 Å². The summed E-state index contributed by atoms with van der Waals surface area (Å²) < 4.78 is 18.6. The van der Waals surface area contributed by atoms with E-state index in [1.165, 1.54) is 18.2 Å². The lowest BCUT2D eigenvalue weighted by Crippen LogP contribution is -2.40. The molecular weight excluding hydrogens is 285 g/mol. The molecule has 5 heteroatoms. The van der Waals surface area contributed by atoms with Crippen LogP contribution in [-0.2, 0) is 4.74 Å². The summed E-state index contributed by atoms with van der Waals surface area (Å²) in [6.07, 6.45) is 1.42. The van der Waals surface area contributed by atoms with E-state index < -0.39 is 11.4 Å². The van der Waals surface area contributed by atoms with Gasteiger partial charge in [-0.05, 0) is 45.7 Å². The predicted octanol–water partition coefficient (Wildman–Crippen LogP) is 3.80. The van der Waals surface area contributed by atoms with Gasteiger partial charge in [0.1, 0.15) is 11.4 Å². The molecule has 0 bridgehead atoms. The van der Waals surface area contributed by atoms with Crippen molar-refractivity contribution in [1.82, 2.24) is 4.90 Å². The molecule has 0 N–H and O–H groups in total. The summed E-state index contributed by atoms with van der Waals surface area (Å²) in [7, 11) is 0. The maximum Gasteiger partial charge on any atom is 0.410 e. The van der Waals surface area contributed by atoms with Crippen molar-refractivity contribution in [3.05, 3.63) is 35.6 Å². The molecule has 1 fully saturated rings. The molecule has 1 aromatic carbocycles. The lowest BCUT2D eigenvalue weighted by atomic mass is 10.0. The van der Waals surface area contributed by atoms with Crippen LogP contribution in [0, 0.1) is 5.82 Å². The molecule has 1 unspecified atom stereocenters. The Labute approximate surface area is 130 Å². The monoisotopic (exact) mass is 307 g/mol. The zero-order valence-corrected chi connectivity index (χ0v) is 13.3. The van der Waals surface area contributed by atoms with Crippen LogP contribution in [0.3, 0.4) is 0 Å². The highest BCUT2D eigenvalue weighted by Crippen LogP contribution is 2.24. The Morgan fingerprint density at radius 3 is 2.73 bits per heavy atom. The Morgan fingerprint density at radius 2 is 2.09 bits per heavy atom. The lowest BCUT2D eigenvalue weighted by Gasteiger charge is -2.28. The summed E-state index contributed by atoms with van der Waals surface area (Å²) in [5, 5.41) is 0. The summed E-state index contributed by atoms with van der Waals surface area (Å²) in [6.45, 7) is 6.03. The molecular formula is C17H22FNO3. The second-order valence-electron chi connectivity index (χ2n) is 6.61. The Kier molecular flexibility index (Phi) is 4.84. The van der Waals surface area contributed by atoms with E-state index in [4.69, 9.17) is 4.74 Å². The van der Waals surface area contributed by atoms with Crippen LogP contribution in [0.15, 0.2) is 24.3 Å². The second kappa shape index (κ2) is 6.46. The molecule has 1 amide bonds. The number of rotatable bonds is 3. The first kappa shape index (κ1) is 16.5. The summed E-state index contributed by atoms with van der Waals surface area (Å²) in [5.74, 6) is -0.582. The zero-order chi connectivity index (χ0) is 16.3. The van der Waals surface area contributed by atoms with Gasteiger partial charge >= 0.3 is 6.09 Å². The fourth-order valence-electron chi connectivity index (χ4n) is 2.60. The van der Waals surface area contributed by atoms with Gasteiger partial charge in [0.25, 0.3) is 0 Å². The third kappa shape index (κ3) is 4.29. The number of hydrogen-bond donors (Lipinski definition) is 0. The molecule has 0 spiro atoms. The Morgan fingerprint density at radius 1 is 1.36 bits per heavy atom. The van der Waals surface area contributed by atoms with Crippen molar-refractivity contribution in [3.8, 4) is 0 Å². The van der Waals surface area contributed by atoms with Crippen LogP contribution in [0.25, 0.3) is 0 Å². The van der Waals surface area contributed by atoms with Crippen LogP contribution in [0.1, 0.15) is 50.4 Å². The minimum Gasteiger partial charge on any atom is -0.444 e. The van der Waals surface area contributed by atoms with Crippen LogP contribution in [0.2, 0.25) is 0 Å². The number of benzene rings is 1. The number of amides is 1. The van der Waals surface area contributed by atoms with Gasteiger partial charge in [0, 0.05) is 24.6 Å². The van der Waals surface area contributed by atoms with Crippen LogP contribution in [0.5, 0.6) is 0 Å². The van der Waals surface area contributed by atoms with Gasteiger partial charge in [-0.2, -0.15) is 0 Å². The average Bonchev–Trinajstić information content (AvgIpc) is 2.85. The van der Waals surface area contributed by atoms with Crippen LogP contribution >= 0.6 is 0 Å². The van der Waals surface area contributed by atoms with Crippen molar-refractivity contribution in [2.24, 2.45) is 0 Å². The zero-order valence-electron chi connectivity index (χ0n) is 13.3. The van der Waals surface area contributed by atoms with Gasteiger partial charge in [-0.25, -0.2) is 9.18 Å². The fraction of sp³-hybridized carbons (Fsp3) is 0.529. The molecule has 22 heavy (non-hydrogen) atoms. The third-order valence-electron chi connectivity index (χ3n) is 3.57. The van der Waals surface area contributed by atoms with Crippen molar-refractivity contribution in [3.63, 3.8) is 0 Å². The highest BCUT2D eigenvalue weighted by molar-refractivity contribution is 5.96. The standard InChI is InChI=1S/C17H22FNO3/c1-17(2,3)22-16(21)19-9-5-8-14(19)11-15(20)12-6-4-7-13(18)10-12/h4,6-7,10,14H,5,8-9,11H2,1-3H3. The third-order valence-corrected chi connectivity index (χ3v) is 3.57. The number of ketones is 1. The smallest absolute Gasteiger partial charge is 0.410 e. The quantitative estimate of drug-likeness (QED) is 0.798. The van der Waals surface area contributed by atoms with Gasteiger partial charge < -0.3 is 9.64 Å². The van der Waals surface area contributed by atoms with Crippen molar-refractivity contribution in [1.29, 1.82) is 0 Å². The molecule has 0 radical (unpaired) electrons. The van der Waals surface area contributed by atoms with E-state index in [1.54, 1.807) is 11.0 Å². The Balaban J connectivity index is 2.02. The topological polar surface area (TPSA) is 46.6 Å². The molecule has 1 aromatic rings. The van der Waals surface area contributed by atoms with E-state index in [-0.39, 0.29) is 24.3 Å². The molecule has 1 atom stereocenters. The van der Waals surface area contributed by atoms with Crippen molar-refractivity contribution >= 4 is 11.9 Å². The summed E-state index contributed by atoms with van der Waals surface area (Å²) >= 11 is 0. The molecule has 2 rings (SSSR count). The van der Waals surface area contributed by atoms with Crippen LogP contribution < -0.4 is 0 Å². The first-order valence-corrected chi connectivity index (χ1v) is 7.54. The molecule has 1 saturated heterocycles. The van der Waals surface area contributed by atoms with Gasteiger partial charge in [-0.15, -0.1) is 0 Å². The predicted molar refractivity (Wildman–Crippen MR) is 81.3 cm³/mol. The fourth-order valence-corrected chi connectivity index (χ4v) is 2.60. The molecule has 1 aliphatic heterocycles. The van der Waals surface area contributed by atoms with E-state index in [1.807, 2.05) is 20.8 Å². The minimum atomic E-state index is -0.559. The summed E-state index contributed by atoms with van der Waals surface area (Å²) in [4.78, 5) is 26.1. The number of likely N-dealkylation sites (tertiary alicyclic amines) is 1. The van der Waals surface area contributed by atoms with Gasteiger partial charge in [0.05, 0.1) is 0 Å². The van der Waals surface area contributed by atoms with E-state index in [2.05, 4.69) is 0 Å². The molecule has 1 aliphatic rings. The lowest BCUT2D eigenvalue weighted by molar-refractivity contribution is 0.0223. The maximum atomic E-state index is 13.2. The summed E-state index contributed by atoms with van der Waals surface area (Å²) in [6, 6.07) is 5.47. The Hall–Kier alpha value is -1.91. The SMILES string of the molecule is CC(C)(C)OC(=O)N1CCCC1CC(=O)c1cccc(F)c1. The normalized spacial score (nSPS) is 18.4. The number of carbonyl (C=O) groups excluding carboxylic acids is 2. The maximum absolute atomic E-state index is 13.2. The number of nitrogens with zero attached hydrogens (tertiary/aromatic N) is 1. The van der Waals surface area contributed by atoms with Gasteiger partial charge in [0.15, 0.2) is 5.78 Å². The largest absolute Gasteiger partial charge is 0.444 e. The summed E-state index contributed by atoms with van der Waals surface area (Å²) in [5.41, 5.74) is -0.215. The number of hydrogen-bond acceptors (Lipinski definition) is 3. The molecule has 1 heterocycles. The highest BCUT2D eigenvalue weighted by atomic mass is 19.1. The number of carbonyl (C=O) groups is 2. The number of Topliss-reactive ketones (excluding diaryl/α,β-unsaturated/α-hetero) is 1. The first-order chi connectivity index (χ1) is 10.3. The molecule has 4 nitrogen and oxygen atoms in total. The molecule has 120 valence electrons. The molecule has 0 aliphatic carbocycles. The van der Waals surface area contributed by atoms with Crippen molar-refractivity contribution in [2.75, 3.05) is 6.54 Å². The first-order valence-electron chi connectivity index (χ1n) is 7.54. The molecule has 0 saturated carbocycles. The van der Waals surface area contributed by atoms with Crippen LogP contribution in [0.4, 0.5) is 9.18 Å². The highest BCUT2D eigenvalue weighted by Gasteiger charge is 2.33. The van der Waals surface area contributed by atoms with E-state index in [9.17, 15) is 14.0 Å². The van der Waals surface area contributed by atoms with Gasteiger partial charge in [0.2, 0.25) is 0 Å². The Bertz CT molecular complexity index is 565. The minimum absolute atomic E-state index is 0.153. The van der Waals surface area contributed by atoms with Crippen molar-refractivity contribution in [2.45, 2.75) is 51.7 Å². The van der Waals surface area contributed by atoms with E-state index >= 15 is 0 Å². The second-order valence-corrected chi connectivity index (χ2v) is 6.61.